The van der Waals surface area contributed by atoms with Crippen molar-refractivity contribution in [3.8, 4) is 11.1 Å². The molecule has 0 amide bonds. The van der Waals surface area contributed by atoms with E-state index in [1.54, 1.807) is 6.33 Å². The van der Waals surface area contributed by atoms with E-state index < -0.39 is 0 Å². The van der Waals surface area contributed by atoms with E-state index in [0.717, 1.165) is 54.5 Å². The molecule has 142 valence electrons. The first-order valence-electron chi connectivity index (χ1n) is 9.81. The van der Waals surface area contributed by atoms with Crippen LogP contribution >= 0.6 is 0 Å². The van der Waals surface area contributed by atoms with Gasteiger partial charge in [-0.3, -0.25) is 0 Å². The maximum absolute atomic E-state index is 6.70. The molecule has 3 aromatic rings. The summed E-state index contributed by atoms with van der Waals surface area (Å²) in [5, 5.41) is 1.14. The molecular formula is C21H28N6. The van der Waals surface area contributed by atoms with Crippen molar-refractivity contribution in [1.29, 1.82) is 0 Å². The highest BCUT2D eigenvalue weighted by atomic mass is 15.2. The zero-order valence-corrected chi connectivity index (χ0v) is 16.2. The van der Waals surface area contributed by atoms with Crippen LogP contribution in [-0.2, 0) is 0 Å². The molecule has 0 aromatic carbocycles. The van der Waals surface area contributed by atoms with E-state index in [1.807, 2.05) is 24.8 Å². The van der Waals surface area contributed by atoms with Gasteiger partial charge in [0, 0.05) is 65.6 Å². The Morgan fingerprint density at radius 1 is 1.22 bits per heavy atom. The largest absolute Gasteiger partial charge is 0.371 e. The van der Waals surface area contributed by atoms with Crippen molar-refractivity contribution < 1.29 is 0 Å². The number of aromatic nitrogens is 4. The normalized spacial score (nSPS) is 17.0. The summed E-state index contributed by atoms with van der Waals surface area (Å²) in [4.78, 5) is 18.6. The summed E-state index contributed by atoms with van der Waals surface area (Å²) in [6.07, 6.45) is 13.5. The molecule has 0 bridgehead atoms. The first kappa shape index (κ1) is 17.9. The molecule has 6 nitrogen and oxygen atoms in total. The minimum atomic E-state index is -0.0266. The number of hydrogen-bond donors (Lipinski definition) is 2. The highest BCUT2D eigenvalue weighted by Crippen LogP contribution is 2.37. The Labute approximate surface area is 160 Å². The van der Waals surface area contributed by atoms with E-state index in [-0.39, 0.29) is 5.54 Å². The second-order valence-electron chi connectivity index (χ2n) is 8.17. The molecule has 27 heavy (non-hydrogen) atoms. The molecule has 3 aromatic heterocycles. The monoisotopic (exact) mass is 364 g/mol. The van der Waals surface area contributed by atoms with Crippen molar-refractivity contribution in [2.45, 2.75) is 45.1 Å². The molecule has 0 radical (unpaired) electrons. The maximum Gasteiger partial charge on any atom is 0.139 e. The quantitative estimate of drug-likeness (QED) is 0.720. The van der Waals surface area contributed by atoms with Crippen LogP contribution in [-0.4, -0.2) is 38.6 Å². The van der Waals surface area contributed by atoms with Crippen LogP contribution < -0.4 is 10.6 Å². The summed E-state index contributed by atoms with van der Waals surface area (Å²) >= 11 is 0. The van der Waals surface area contributed by atoms with Crippen molar-refractivity contribution in [2.75, 3.05) is 18.0 Å². The van der Waals surface area contributed by atoms with Crippen molar-refractivity contribution in [2.24, 2.45) is 11.7 Å². The average molecular weight is 364 g/mol. The molecule has 3 N–H and O–H groups in total. The number of anilines is 1. The van der Waals surface area contributed by atoms with Crippen molar-refractivity contribution >= 4 is 16.7 Å². The van der Waals surface area contributed by atoms with E-state index in [4.69, 9.17) is 5.73 Å². The van der Waals surface area contributed by atoms with Gasteiger partial charge in [0.25, 0.3) is 0 Å². The molecule has 1 aliphatic rings. The number of piperidine rings is 1. The van der Waals surface area contributed by atoms with Gasteiger partial charge in [-0.1, -0.05) is 13.8 Å². The van der Waals surface area contributed by atoms with Crippen LogP contribution in [0.2, 0.25) is 0 Å². The van der Waals surface area contributed by atoms with Crippen LogP contribution in [0.5, 0.6) is 0 Å². The first-order chi connectivity index (χ1) is 13.1. The number of H-pyrrole nitrogens is 1. The lowest BCUT2D eigenvalue weighted by atomic mass is 9.82. The van der Waals surface area contributed by atoms with Gasteiger partial charge < -0.3 is 15.6 Å². The van der Waals surface area contributed by atoms with Gasteiger partial charge in [-0.05, 0) is 37.7 Å². The molecule has 6 heteroatoms. The minimum Gasteiger partial charge on any atom is -0.371 e. The fourth-order valence-electron chi connectivity index (χ4n) is 3.99. The van der Waals surface area contributed by atoms with Gasteiger partial charge in [-0.2, -0.15) is 0 Å². The fraction of sp³-hybridized carbons (Fsp3) is 0.476. The van der Waals surface area contributed by atoms with E-state index in [2.05, 4.69) is 44.7 Å². The third kappa shape index (κ3) is 3.67. The van der Waals surface area contributed by atoms with Gasteiger partial charge in [0.1, 0.15) is 12.0 Å². The van der Waals surface area contributed by atoms with Gasteiger partial charge in [-0.25, -0.2) is 15.0 Å². The van der Waals surface area contributed by atoms with Crippen LogP contribution in [0.1, 0.15) is 39.5 Å². The Hall–Kier alpha value is -2.47. The number of fused-ring (bicyclic) bond motifs is 1. The van der Waals surface area contributed by atoms with Gasteiger partial charge in [0.2, 0.25) is 0 Å². The fourth-order valence-corrected chi connectivity index (χ4v) is 3.99. The maximum atomic E-state index is 6.70. The average Bonchev–Trinajstić information content (AvgIpc) is 3.12. The predicted molar refractivity (Wildman–Crippen MR) is 110 cm³/mol. The molecule has 1 aliphatic heterocycles. The zero-order chi connectivity index (χ0) is 18.9. The van der Waals surface area contributed by atoms with Crippen molar-refractivity contribution in [3.05, 3.63) is 37.2 Å². The topological polar surface area (TPSA) is 83.7 Å². The zero-order valence-electron chi connectivity index (χ0n) is 16.2. The predicted octanol–water partition coefficient (Wildman–Crippen LogP) is 3.75. The van der Waals surface area contributed by atoms with Crippen LogP contribution in [0.4, 0.5) is 5.69 Å². The Morgan fingerprint density at radius 2 is 1.96 bits per heavy atom. The Morgan fingerprint density at radius 3 is 2.67 bits per heavy atom. The number of nitrogens with two attached hydrogens (primary N) is 1. The molecule has 0 unspecified atom stereocenters. The summed E-state index contributed by atoms with van der Waals surface area (Å²) in [6.45, 7) is 6.49. The van der Waals surface area contributed by atoms with Crippen molar-refractivity contribution in [1.82, 2.24) is 19.9 Å². The lowest BCUT2D eigenvalue weighted by Gasteiger charge is -2.41. The number of pyridine rings is 1. The Balaban J connectivity index is 1.61. The van der Waals surface area contributed by atoms with Crippen LogP contribution in [0.25, 0.3) is 22.2 Å². The van der Waals surface area contributed by atoms with Gasteiger partial charge in [-0.15, -0.1) is 0 Å². The summed E-state index contributed by atoms with van der Waals surface area (Å²) in [5.74, 6) is 0.707. The molecule has 1 saturated heterocycles. The number of nitrogens with zero attached hydrogens (tertiary/aromatic N) is 4. The Bertz CT molecular complexity index is 893. The summed E-state index contributed by atoms with van der Waals surface area (Å²) in [6, 6.07) is 2.11. The number of hydrogen-bond acceptors (Lipinski definition) is 5. The molecule has 0 spiro atoms. The number of nitrogens with one attached hydrogen (secondary N) is 1. The third-order valence-corrected chi connectivity index (χ3v) is 5.74. The molecule has 1 fully saturated rings. The Kier molecular flexibility index (Phi) is 4.83. The molecule has 0 saturated carbocycles. The molecule has 4 rings (SSSR count). The van der Waals surface area contributed by atoms with Gasteiger partial charge >= 0.3 is 0 Å². The van der Waals surface area contributed by atoms with Crippen LogP contribution in [0, 0.1) is 5.92 Å². The second kappa shape index (κ2) is 7.27. The lowest BCUT2D eigenvalue weighted by molar-refractivity contribution is 0.291. The highest BCUT2D eigenvalue weighted by molar-refractivity contribution is 6.02. The molecule has 0 aliphatic carbocycles. The SMILES string of the molecule is CC(C)CCC1(N)CCN(c2ccnc3[nH]cc(-c4cncnc4)c23)CC1. The van der Waals surface area contributed by atoms with Crippen LogP contribution in [0.3, 0.4) is 0 Å². The molecule has 4 heterocycles. The molecule has 0 atom stereocenters. The van der Waals surface area contributed by atoms with E-state index in [0.29, 0.717) is 5.92 Å². The standard InChI is InChI=1S/C21H28N6/c1-15(2)3-5-21(22)6-9-27(10-7-21)18-4-8-25-20-19(18)17(13-26-20)16-11-23-14-24-12-16/h4,8,11-15H,3,5-7,9-10,22H2,1-2H3,(H,25,26). The summed E-state index contributed by atoms with van der Waals surface area (Å²) in [5.41, 5.74) is 10.9. The van der Waals surface area contributed by atoms with E-state index >= 15 is 0 Å². The summed E-state index contributed by atoms with van der Waals surface area (Å²) in [7, 11) is 0. The highest BCUT2D eigenvalue weighted by Gasteiger charge is 2.31. The van der Waals surface area contributed by atoms with Crippen LogP contribution in [0.15, 0.2) is 37.2 Å². The van der Waals surface area contributed by atoms with Gasteiger partial charge in [0.15, 0.2) is 0 Å². The van der Waals surface area contributed by atoms with E-state index in [1.165, 1.54) is 12.1 Å². The van der Waals surface area contributed by atoms with Crippen molar-refractivity contribution in [3.63, 3.8) is 0 Å². The second-order valence-corrected chi connectivity index (χ2v) is 8.17. The smallest absolute Gasteiger partial charge is 0.139 e. The third-order valence-electron chi connectivity index (χ3n) is 5.74. The number of aromatic amines is 1. The first-order valence-corrected chi connectivity index (χ1v) is 9.81. The summed E-state index contributed by atoms with van der Waals surface area (Å²) < 4.78 is 0. The molecular weight excluding hydrogens is 336 g/mol. The van der Waals surface area contributed by atoms with E-state index in [9.17, 15) is 0 Å². The number of rotatable bonds is 5. The minimum absolute atomic E-state index is 0.0266. The van der Waals surface area contributed by atoms with Gasteiger partial charge in [0.05, 0.1) is 0 Å². The lowest BCUT2D eigenvalue weighted by Crippen LogP contribution is -2.50.